The topological polar surface area (TPSA) is 28.7 Å². The smallest absolute Gasteiger partial charge is 0.0924 e. The molecule has 15 heavy (non-hydrogen) atoms. The molecule has 0 unspecified atom stereocenters. The van der Waals surface area contributed by atoms with Crippen molar-refractivity contribution in [1.29, 1.82) is 0 Å². The van der Waals surface area contributed by atoms with Crippen molar-refractivity contribution < 1.29 is 0 Å². The Morgan fingerprint density at radius 3 is 3.00 bits per heavy atom. The lowest BCUT2D eigenvalue weighted by Crippen LogP contribution is -1.79. The lowest BCUT2D eigenvalue weighted by atomic mass is 10.1. The van der Waals surface area contributed by atoms with E-state index in [9.17, 15) is 0 Å². The maximum atomic E-state index is 4.02. The van der Waals surface area contributed by atoms with E-state index in [-0.39, 0.29) is 0 Å². The van der Waals surface area contributed by atoms with Gasteiger partial charge in [-0.05, 0) is 18.9 Å². The minimum absolute atomic E-state index is 1.05. The van der Waals surface area contributed by atoms with E-state index in [0.717, 1.165) is 17.7 Å². The second kappa shape index (κ2) is 6.82. The van der Waals surface area contributed by atoms with Crippen LogP contribution in [0.4, 0.5) is 0 Å². The van der Waals surface area contributed by atoms with Crippen molar-refractivity contribution in [2.45, 2.75) is 26.7 Å². The predicted octanol–water partition coefficient (Wildman–Crippen LogP) is 3.73. The third-order valence-electron chi connectivity index (χ3n) is 2.02. The van der Waals surface area contributed by atoms with Crippen molar-refractivity contribution in [3.8, 4) is 0 Å². The molecule has 2 nitrogen and oxygen atoms in total. The van der Waals surface area contributed by atoms with Crippen molar-refractivity contribution in [2.24, 2.45) is 0 Å². The molecule has 1 heterocycles. The molecule has 0 atom stereocenters. The highest BCUT2D eigenvalue weighted by Gasteiger charge is 1.96. The molecule has 0 amide bonds. The summed E-state index contributed by atoms with van der Waals surface area (Å²) < 4.78 is 0. The Hall–Kier alpha value is -1.57. The molecule has 2 heteroatoms. The van der Waals surface area contributed by atoms with Gasteiger partial charge in [0.2, 0.25) is 0 Å². The number of aromatic amines is 1. The summed E-state index contributed by atoms with van der Waals surface area (Å²) in [6, 6.07) is 0. The van der Waals surface area contributed by atoms with Gasteiger partial charge >= 0.3 is 0 Å². The van der Waals surface area contributed by atoms with E-state index >= 15 is 0 Å². The van der Waals surface area contributed by atoms with E-state index < -0.39 is 0 Å². The Morgan fingerprint density at radius 2 is 2.40 bits per heavy atom. The summed E-state index contributed by atoms with van der Waals surface area (Å²) in [6.45, 7) is 4.19. The van der Waals surface area contributed by atoms with Crippen LogP contribution >= 0.6 is 0 Å². The summed E-state index contributed by atoms with van der Waals surface area (Å²) in [5.74, 6) is 0. The zero-order valence-corrected chi connectivity index (χ0v) is 9.40. The average molecular weight is 202 g/mol. The summed E-state index contributed by atoms with van der Waals surface area (Å²) >= 11 is 0. The quantitative estimate of drug-likeness (QED) is 0.724. The molecule has 0 saturated heterocycles. The predicted molar refractivity (Wildman–Crippen MR) is 65.4 cm³/mol. The van der Waals surface area contributed by atoms with Crippen LogP contribution in [0.25, 0.3) is 5.57 Å². The van der Waals surface area contributed by atoms with E-state index in [0.29, 0.717) is 0 Å². The van der Waals surface area contributed by atoms with Crippen molar-refractivity contribution in [1.82, 2.24) is 9.97 Å². The Labute approximate surface area is 91.4 Å². The monoisotopic (exact) mass is 202 g/mol. The van der Waals surface area contributed by atoms with E-state index in [1.165, 1.54) is 6.42 Å². The van der Waals surface area contributed by atoms with E-state index in [1.54, 1.807) is 6.33 Å². The van der Waals surface area contributed by atoms with Gasteiger partial charge in [0, 0.05) is 0 Å². The number of hydrogen-bond donors (Lipinski definition) is 1. The van der Waals surface area contributed by atoms with Gasteiger partial charge in [-0.3, -0.25) is 0 Å². The van der Waals surface area contributed by atoms with E-state index in [2.05, 4.69) is 41.2 Å². The first-order chi connectivity index (χ1) is 7.38. The van der Waals surface area contributed by atoms with Gasteiger partial charge in [-0.25, -0.2) is 4.98 Å². The summed E-state index contributed by atoms with van der Waals surface area (Å²) in [4.78, 5) is 7.11. The van der Waals surface area contributed by atoms with Gasteiger partial charge in [0.15, 0.2) is 0 Å². The van der Waals surface area contributed by atoms with Crippen molar-refractivity contribution in [3.63, 3.8) is 0 Å². The number of aromatic nitrogens is 2. The van der Waals surface area contributed by atoms with Crippen LogP contribution in [0.3, 0.4) is 0 Å². The van der Waals surface area contributed by atoms with Crippen LogP contribution in [0.2, 0.25) is 0 Å². The second-order valence-corrected chi connectivity index (χ2v) is 3.30. The molecular weight excluding hydrogens is 184 g/mol. The number of nitrogens with zero attached hydrogens (tertiary/aromatic N) is 1. The third-order valence-corrected chi connectivity index (χ3v) is 2.02. The van der Waals surface area contributed by atoms with Crippen molar-refractivity contribution in [3.05, 3.63) is 48.6 Å². The highest BCUT2D eigenvalue weighted by Crippen LogP contribution is 2.12. The molecule has 0 aliphatic rings. The van der Waals surface area contributed by atoms with Gasteiger partial charge in [0.05, 0.1) is 18.2 Å². The Balaban J connectivity index is 2.74. The van der Waals surface area contributed by atoms with Crippen LogP contribution in [-0.2, 0) is 0 Å². The third kappa shape index (κ3) is 3.98. The maximum absolute atomic E-state index is 4.02. The molecule has 0 aliphatic heterocycles. The molecular formula is C13H18N2. The van der Waals surface area contributed by atoms with Crippen molar-refractivity contribution >= 4 is 5.57 Å². The molecule has 0 spiro atoms. The molecule has 1 rings (SSSR count). The fourth-order valence-electron chi connectivity index (χ4n) is 1.26. The number of hydrogen-bond acceptors (Lipinski definition) is 1. The van der Waals surface area contributed by atoms with E-state index in [4.69, 9.17) is 0 Å². The number of rotatable bonds is 5. The molecule has 0 saturated carbocycles. The standard InChI is InChI=1S/C13H18N2/c1-3-5-6-7-9-12(8-4-2)13-10-14-11-15-13/h4,6-11H,3,5H2,1-2H3,(H,14,15)/b7-6?,8-4?,12-9+. The average Bonchev–Trinajstić information content (AvgIpc) is 2.76. The lowest BCUT2D eigenvalue weighted by Gasteiger charge is -1.95. The second-order valence-electron chi connectivity index (χ2n) is 3.30. The fraction of sp³-hybridized carbons (Fsp3) is 0.308. The first-order valence-electron chi connectivity index (χ1n) is 5.36. The van der Waals surface area contributed by atoms with Crippen LogP contribution in [0.1, 0.15) is 32.4 Å². The van der Waals surface area contributed by atoms with Crippen LogP contribution in [0.5, 0.6) is 0 Å². The SMILES string of the molecule is CC=C/C(=C\C=CCCC)c1cnc[nH]1. The lowest BCUT2D eigenvalue weighted by molar-refractivity contribution is 0.959. The highest BCUT2D eigenvalue weighted by atomic mass is 14.9. The van der Waals surface area contributed by atoms with Gasteiger partial charge in [-0.15, -0.1) is 0 Å². The molecule has 0 aliphatic carbocycles. The van der Waals surface area contributed by atoms with Crippen LogP contribution in [0, 0.1) is 0 Å². The molecule has 1 aromatic heterocycles. The molecule has 1 N–H and O–H groups in total. The minimum Gasteiger partial charge on any atom is -0.345 e. The van der Waals surface area contributed by atoms with Gasteiger partial charge < -0.3 is 4.98 Å². The highest BCUT2D eigenvalue weighted by molar-refractivity contribution is 5.72. The molecule has 1 aromatic rings. The molecule has 0 bridgehead atoms. The number of unbranched alkanes of at least 4 members (excludes halogenated alkanes) is 1. The Morgan fingerprint density at radius 1 is 1.53 bits per heavy atom. The van der Waals surface area contributed by atoms with E-state index in [1.807, 2.05) is 19.2 Å². The Kier molecular flexibility index (Phi) is 5.23. The molecule has 80 valence electrons. The largest absolute Gasteiger partial charge is 0.345 e. The minimum atomic E-state index is 1.05. The van der Waals surface area contributed by atoms with Gasteiger partial charge in [0.1, 0.15) is 0 Å². The first kappa shape index (κ1) is 11.5. The number of allylic oxidation sites excluding steroid dienone is 6. The molecule has 0 fully saturated rings. The maximum Gasteiger partial charge on any atom is 0.0924 e. The summed E-state index contributed by atoms with van der Waals surface area (Å²) in [7, 11) is 0. The van der Waals surface area contributed by atoms with Crippen molar-refractivity contribution in [2.75, 3.05) is 0 Å². The summed E-state index contributed by atoms with van der Waals surface area (Å²) in [5, 5.41) is 0. The van der Waals surface area contributed by atoms with Gasteiger partial charge in [-0.1, -0.05) is 43.7 Å². The summed E-state index contributed by atoms with van der Waals surface area (Å²) in [6.07, 6.45) is 16.3. The van der Waals surface area contributed by atoms with Gasteiger partial charge in [0.25, 0.3) is 0 Å². The van der Waals surface area contributed by atoms with Crippen LogP contribution < -0.4 is 0 Å². The fourth-order valence-corrected chi connectivity index (χ4v) is 1.26. The molecule has 0 aromatic carbocycles. The zero-order chi connectivity index (χ0) is 10.9. The number of H-pyrrole nitrogens is 1. The summed E-state index contributed by atoms with van der Waals surface area (Å²) in [5.41, 5.74) is 2.21. The normalized spacial score (nSPS) is 13.1. The number of imidazole rings is 1. The zero-order valence-electron chi connectivity index (χ0n) is 9.40. The number of nitrogens with one attached hydrogen (secondary N) is 1. The van der Waals surface area contributed by atoms with Crippen LogP contribution in [0.15, 0.2) is 42.9 Å². The van der Waals surface area contributed by atoms with Gasteiger partial charge in [-0.2, -0.15) is 0 Å². The molecule has 0 radical (unpaired) electrons. The van der Waals surface area contributed by atoms with Crippen LogP contribution in [-0.4, -0.2) is 9.97 Å². The Bertz CT molecular complexity index is 343. The first-order valence-corrected chi connectivity index (χ1v) is 5.36.